The molecule has 3 nitrogen and oxygen atoms in total. The summed E-state index contributed by atoms with van der Waals surface area (Å²) >= 11 is 0. The molecular weight excluding hydrogens is 224 g/mol. The molecule has 100 valence electrons. The first-order valence-corrected chi connectivity index (χ1v) is 6.53. The quantitative estimate of drug-likeness (QED) is 0.841. The van der Waals surface area contributed by atoms with Gasteiger partial charge in [0.15, 0.2) is 0 Å². The molecule has 18 heavy (non-hydrogen) atoms. The van der Waals surface area contributed by atoms with Crippen LogP contribution in [0.4, 0.5) is 0 Å². The molecule has 0 bridgehead atoms. The van der Waals surface area contributed by atoms with E-state index in [1.54, 1.807) is 6.92 Å². The normalized spacial score (nSPS) is 14.3. The Labute approximate surface area is 110 Å². The average molecular weight is 248 g/mol. The van der Waals surface area contributed by atoms with E-state index in [4.69, 9.17) is 5.73 Å². The van der Waals surface area contributed by atoms with Crippen LogP contribution in [-0.4, -0.2) is 11.9 Å². The average Bonchev–Trinajstić information content (AvgIpc) is 2.28. The summed E-state index contributed by atoms with van der Waals surface area (Å²) in [5.74, 6) is 0.423. The minimum absolute atomic E-state index is 0.0460. The van der Waals surface area contributed by atoms with E-state index >= 15 is 0 Å². The van der Waals surface area contributed by atoms with Crippen LogP contribution >= 0.6 is 0 Å². The van der Waals surface area contributed by atoms with Gasteiger partial charge in [-0.05, 0) is 37.3 Å². The number of carbonyl (C=O) groups is 1. The first-order chi connectivity index (χ1) is 8.41. The van der Waals surface area contributed by atoms with Crippen molar-refractivity contribution in [2.75, 3.05) is 0 Å². The fourth-order valence-corrected chi connectivity index (χ4v) is 2.02. The highest BCUT2D eigenvalue weighted by Gasteiger charge is 2.19. The van der Waals surface area contributed by atoms with Crippen molar-refractivity contribution in [1.82, 2.24) is 5.32 Å². The van der Waals surface area contributed by atoms with E-state index in [2.05, 4.69) is 38.2 Å². The molecule has 1 amide bonds. The van der Waals surface area contributed by atoms with Crippen molar-refractivity contribution in [3.63, 3.8) is 0 Å². The molecule has 1 aromatic rings. The van der Waals surface area contributed by atoms with Gasteiger partial charge in [0.05, 0.1) is 12.1 Å². The molecule has 0 aromatic heterocycles. The predicted molar refractivity (Wildman–Crippen MR) is 75.2 cm³/mol. The van der Waals surface area contributed by atoms with Crippen molar-refractivity contribution in [3.8, 4) is 0 Å². The summed E-state index contributed by atoms with van der Waals surface area (Å²) in [6.45, 7) is 8.09. The highest BCUT2D eigenvalue weighted by molar-refractivity contribution is 5.81. The maximum absolute atomic E-state index is 11.8. The van der Waals surface area contributed by atoms with Gasteiger partial charge >= 0.3 is 0 Å². The van der Waals surface area contributed by atoms with E-state index in [1.807, 2.05) is 12.1 Å². The monoisotopic (exact) mass is 248 g/mol. The van der Waals surface area contributed by atoms with Crippen molar-refractivity contribution in [2.45, 2.75) is 46.2 Å². The SMILES string of the molecule is Cc1ccccc1C(CC(C)C)NC(=O)[C@H](C)N. The van der Waals surface area contributed by atoms with Crippen LogP contribution in [0.3, 0.4) is 0 Å². The lowest BCUT2D eigenvalue weighted by Gasteiger charge is -2.23. The summed E-state index contributed by atoms with van der Waals surface area (Å²) < 4.78 is 0. The molecule has 0 saturated carbocycles. The Morgan fingerprint density at radius 1 is 1.28 bits per heavy atom. The largest absolute Gasteiger partial charge is 0.348 e. The van der Waals surface area contributed by atoms with Gasteiger partial charge in [-0.25, -0.2) is 0 Å². The molecule has 0 aliphatic carbocycles. The molecule has 0 radical (unpaired) electrons. The third-order valence-corrected chi connectivity index (χ3v) is 3.00. The summed E-state index contributed by atoms with van der Waals surface area (Å²) in [6.07, 6.45) is 0.920. The third-order valence-electron chi connectivity index (χ3n) is 3.00. The van der Waals surface area contributed by atoms with Crippen LogP contribution in [0.5, 0.6) is 0 Å². The van der Waals surface area contributed by atoms with Crippen LogP contribution < -0.4 is 11.1 Å². The number of rotatable bonds is 5. The van der Waals surface area contributed by atoms with Gasteiger partial charge in [-0.15, -0.1) is 0 Å². The molecule has 0 saturated heterocycles. The van der Waals surface area contributed by atoms with Crippen molar-refractivity contribution < 1.29 is 4.79 Å². The molecule has 2 atom stereocenters. The molecule has 3 N–H and O–H groups in total. The Morgan fingerprint density at radius 2 is 1.89 bits per heavy atom. The Bertz CT molecular complexity index is 399. The molecular formula is C15H24N2O. The van der Waals surface area contributed by atoms with Gasteiger partial charge in [0.2, 0.25) is 5.91 Å². The number of nitrogens with two attached hydrogens (primary N) is 1. The number of hydrogen-bond acceptors (Lipinski definition) is 2. The number of hydrogen-bond donors (Lipinski definition) is 2. The van der Waals surface area contributed by atoms with E-state index < -0.39 is 6.04 Å². The van der Waals surface area contributed by atoms with Gasteiger partial charge in [-0.1, -0.05) is 38.1 Å². The standard InChI is InChI=1S/C15H24N2O/c1-10(2)9-14(17-15(18)12(4)16)13-8-6-5-7-11(13)3/h5-8,10,12,14H,9,16H2,1-4H3,(H,17,18)/t12-,14?/m0/s1. The van der Waals surface area contributed by atoms with Crippen LogP contribution in [0.1, 0.15) is 44.4 Å². The van der Waals surface area contributed by atoms with E-state index in [9.17, 15) is 4.79 Å². The fraction of sp³-hybridized carbons (Fsp3) is 0.533. The maximum atomic E-state index is 11.8. The summed E-state index contributed by atoms with van der Waals surface area (Å²) in [5, 5.41) is 3.04. The number of carbonyl (C=O) groups excluding carboxylic acids is 1. The Balaban J connectivity index is 2.91. The lowest BCUT2D eigenvalue weighted by Crippen LogP contribution is -2.40. The molecule has 0 aliphatic heterocycles. The second-order valence-electron chi connectivity index (χ2n) is 5.34. The second kappa shape index (κ2) is 6.55. The van der Waals surface area contributed by atoms with E-state index in [0.717, 1.165) is 6.42 Å². The fourth-order valence-electron chi connectivity index (χ4n) is 2.02. The van der Waals surface area contributed by atoms with Crippen molar-refractivity contribution >= 4 is 5.91 Å². The first kappa shape index (κ1) is 14.7. The lowest BCUT2D eigenvalue weighted by molar-refractivity contribution is -0.122. The predicted octanol–water partition coefficient (Wildman–Crippen LogP) is 2.55. The third kappa shape index (κ3) is 4.15. The van der Waals surface area contributed by atoms with Crippen LogP contribution in [0.2, 0.25) is 0 Å². The summed E-state index contributed by atoms with van der Waals surface area (Å²) in [5.41, 5.74) is 8.00. The van der Waals surface area contributed by atoms with Gasteiger partial charge in [0.1, 0.15) is 0 Å². The smallest absolute Gasteiger partial charge is 0.237 e. The van der Waals surface area contributed by atoms with E-state index in [0.29, 0.717) is 5.92 Å². The van der Waals surface area contributed by atoms with Gasteiger partial charge < -0.3 is 11.1 Å². The molecule has 0 heterocycles. The van der Waals surface area contributed by atoms with Crippen molar-refractivity contribution in [3.05, 3.63) is 35.4 Å². The summed E-state index contributed by atoms with van der Waals surface area (Å²) in [7, 11) is 0. The Hall–Kier alpha value is -1.35. The molecule has 3 heteroatoms. The summed E-state index contributed by atoms with van der Waals surface area (Å²) in [6, 6.07) is 7.74. The highest BCUT2D eigenvalue weighted by atomic mass is 16.2. The van der Waals surface area contributed by atoms with Gasteiger partial charge in [0.25, 0.3) is 0 Å². The minimum Gasteiger partial charge on any atom is -0.348 e. The molecule has 0 fully saturated rings. The Kier molecular flexibility index (Phi) is 5.35. The number of benzene rings is 1. The highest BCUT2D eigenvalue weighted by Crippen LogP contribution is 2.24. The van der Waals surface area contributed by atoms with Gasteiger partial charge in [-0.2, -0.15) is 0 Å². The minimum atomic E-state index is -0.469. The maximum Gasteiger partial charge on any atom is 0.237 e. The van der Waals surface area contributed by atoms with Crippen LogP contribution in [0.15, 0.2) is 24.3 Å². The van der Waals surface area contributed by atoms with Gasteiger partial charge in [0, 0.05) is 0 Å². The molecule has 0 spiro atoms. The molecule has 1 rings (SSSR count). The topological polar surface area (TPSA) is 55.1 Å². The first-order valence-electron chi connectivity index (χ1n) is 6.53. The van der Waals surface area contributed by atoms with Crippen molar-refractivity contribution in [2.24, 2.45) is 11.7 Å². The van der Waals surface area contributed by atoms with Crippen LogP contribution in [0, 0.1) is 12.8 Å². The van der Waals surface area contributed by atoms with Crippen LogP contribution in [0.25, 0.3) is 0 Å². The number of amides is 1. The second-order valence-corrected chi connectivity index (χ2v) is 5.34. The van der Waals surface area contributed by atoms with E-state index in [-0.39, 0.29) is 11.9 Å². The Morgan fingerprint density at radius 3 is 2.39 bits per heavy atom. The lowest BCUT2D eigenvalue weighted by atomic mass is 9.93. The van der Waals surface area contributed by atoms with Crippen molar-refractivity contribution in [1.29, 1.82) is 0 Å². The summed E-state index contributed by atoms with van der Waals surface area (Å²) in [4.78, 5) is 11.8. The zero-order valence-corrected chi connectivity index (χ0v) is 11.7. The van der Waals surface area contributed by atoms with E-state index in [1.165, 1.54) is 11.1 Å². The molecule has 0 aliphatic rings. The number of nitrogens with one attached hydrogen (secondary N) is 1. The molecule has 1 unspecified atom stereocenters. The number of aryl methyl sites for hydroxylation is 1. The zero-order chi connectivity index (χ0) is 13.7. The molecule has 1 aromatic carbocycles. The van der Waals surface area contributed by atoms with Gasteiger partial charge in [-0.3, -0.25) is 4.79 Å². The zero-order valence-electron chi connectivity index (χ0n) is 11.7. The van der Waals surface area contributed by atoms with Crippen LogP contribution in [-0.2, 0) is 4.79 Å².